The minimum absolute atomic E-state index is 0.487. The fraction of sp³-hybridized carbons (Fsp3) is 0.643. The summed E-state index contributed by atoms with van der Waals surface area (Å²) in [4.78, 5) is 4.08. The van der Waals surface area contributed by atoms with Gasteiger partial charge in [0, 0.05) is 12.2 Å². The van der Waals surface area contributed by atoms with Crippen LogP contribution in [-0.2, 0) is 0 Å². The van der Waals surface area contributed by atoms with Crippen molar-refractivity contribution in [3.63, 3.8) is 0 Å². The zero-order chi connectivity index (χ0) is 12.7. The van der Waals surface area contributed by atoms with Gasteiger partial charge < -0.3 is 11.1 Å². The number of rotatable bonds is 3. The molecule has 0 saturated heterocycles. The number of fused-ring (bicyclic) bond motifs is 2. The summed E-state index contributed by atoms with van der Waals surface area (Å²) in [6.45, 7) is 2.29. The van der Waals surface area contributed by atoms with Gasteiger partial charge in [0.2, 0.25) is 0 Å². The van der Waals surface area contributed by atoms with E-state index in [1.165, 1.54) is 25.7 Å². The van der Waals surface area contributed by atoms with E-state index in [-0.39, 0.29) is 0 Å². The first-order chi connectivity index (χ1) is 8.65. The molecule has 2 fully saturated rings. The summed E-state index contributed by atoms with van der Waals surface area (Å²) in [6, 6.07) is 0.487. The van der Waals surface area contributed by atoms with Crippen molar-refractivity contribution in [2.45, 2.75) is 38.6 Å². The van der Waals surface area contributed by atoms with Gasteiger partial charge in [-0.15, -0.1) is 0 Å². The third-order valence-corrected chi connectivity index (χ3v) is 5.34. The molecule has 98 valence electrons. The molecule has 3 rings (SSSR count). The van der Waals surface area contributed by atoms with Gasteiger partial charge in [-0.2, -0.15) is 0 Å². The summed E-state index contributed by atoms with van der Waals surface area (Å²) < 4.78 is 0.956. The maximum absolute atomic E-state index is 5.99. The van der Waals surface area contributed by atoms with Crippen LogP contribution >= 0.6 is 15.9 Å². The molecule has 0 aromatic carbocycles. The topological polar surface area (TPSA) is 50.9 Å². The Labute approximate surface area is 117 Å². The Kier molecular flexibility index (Phi) is 3.22. The van der Waals surface area contributed by atoms with E-state index in [9.17, 15) is 0 Å². The molecule has 4 atom stereocenters. The molecule has 0 radical (unpaired) electrons. The van der Waals surface area contributed by atoms with E-state index in [0.29, 0.717) is 6.04 Å². The highest BCUT2D eigenvalue weighted by Crippen LogP contribution is 2.50. The summed E-state index contributed by atoms with van der Waals surface area (Å²) in [5, 5.41) is 3.59. The molecule has 2 aliphatic rings. The molecule has 2 aliphatic carbocycles. The Morgan fingerprint density at radius 2 is 2.22 bits per heavy atom. The third-order valence-electron chi connectivity index (χ3n) is 4.74. The van der Waals surface area contributed by atoms with E-state index < -0.39 is 0 Å². The Hall–Kier alpha value is -0.770. The molecule has 2 bridgehead atoms. The highest BCUT2D eigenvalue weighted by atomic mass is 79.9. The lowest BCUT2D eigenvalue weighted by molar-refractivity contribution is 0.304. The van der Waals surface area contributed by atoms with E-state index >= 15 is 0 Å². The van der Waals surface area contributed by atoms with Gasteiger partial charge in [0.1, 0.15) is 0 Å². The fourth-order valence-electron chi connectivity index (χ4n) is 3.84. The summed E-state index contributed by atoms with van der Waals surface area (Å²) >= 11 is 3.52. The summed E-state index contributed by atoms with van der Waals surface area (Å²) in [6.07, 6.45) is 9.22. The molecular weight excluding hydrogens is 290 g/mol. The largest absolute Gasteiger partial charge is 0.396 e. The van der Waals surface area contributed by atoms with Crippen molar-refractivity contribution in [2.24, 2.45) is 17.8 Å². The van der Waals surface area contributed by atoms with E-state index in [2.05, 4.69) is 33.2 Å². The number of anilines is 2. The second-order valence-corrected chi connectivity index (χ2v) is 6.71. The Morgan fingerprint density at radius 1 is 1.39 bits per heavy atom. The first-order valence-electron chi connectivity index (χ1n) is 6.80. The number of nitrogens with two attached hydrogens (primary N) is 1. The number of nitrogens with zero attached hydrogens (tertiary/aromatic N) is 1. The third kappa shape index (κ3) is 2.11. The minimum atomic E-state index is 0.487. The average molecular weight is 310 g/mol. The van der Waals surface area contributed by atoms with Gasteiger partial charge in [0.05, 0.1) is 22.0 Å². The molecule has 4 heteroatoms. The monoisotopic (exact) mass is 309 g/mol. The smallest absolute Gasteiger partial charge is 0.0752 e. The van der Waals surface area contributed by atoms with Crippen LogP contribution in [0.3, 0.4) is 0 Å². The molecule has 1 aromatic rings. The van der Waals surface area contributed by atoms with Crippen LogP contribution in [-0.4, -0.2) is 11.0 Å². The predicted molar refractivity (Wildman–Crippen MR) is 78.4 cm³/mol. The van der Waals surface area contributed by atoms with E-state index in [4.69, 9.17) is 5.73 Å². The van der Waals surface area contributed by atoms with Crippen LogP contribution in [0.5, 0.6) is 0 Å². The quantitative estimate of drug-likeness (QED) is 0.896. The van der Waals surface area contributed by atoms with Crippen LogP contribution in [0.15, 0.2) is 16.9 Å². The van der Waals surface area contributed by atoms with Crippen molar-refractivity contribution < 1.29 is 0 Å². The maximum atomic E-state index is 5.99. The second-order valence-electron chi connectivity index (χ2n) is 5.86. The van der Waals surface area contributed by atoms with Crippen molar-refractivity contribution in [1.82, 2.24) is 4.98 Å². The van der Waals surface area contributed by atoms with Gasteiger partial charge in [0.25, 0.3) is 0 Å². The number of nitrogens with one attached hydrogen (secondary N) is 1. The lowest BCUT2D eigenvalue weighted by Crippen LogP contribution is -2.30. The standard InChI is InChI=1S/C14H20BrN3/c1-8(11-5-9-2-3-10(11)4-9)18-14-12(15)6-17-7-13(14)16/h6-11H,2-5,16H2,1H3,(H,17,18). The lowest BCUT2D eigenvalue weighted by atomic mass is 9.84. The van der Waals surface area contributed by atoms with Crippen LogP contribution in [0.4, 0.5) is 11.4 Å². The van der Waals surface area contributed by atoms with E-state index in [0.717, 1.165) is 33.6 Å². The van der Waals surface area contributed by atoms with Crippen LogP contribution in [0.1, 0.15) is 32.6 Å². The molecule has 1 aromatic heterocycles. The van der Waals surface area contributed by atoms with Crippen LogP contribution in [0.2, 0.25) is 0 Å². The maximum Gasteiger partial charge on any atom is 0.0752 e. The van der Waals surface area contributed by atoms with Crippen molar-refractivity contribution >= 4 is 27.3 Å². The Bertz CT molecular complexity index is 428. The number of halogens is 1. The first kappa shape index (κ1) is 12.3. The second kappa shape index (κ2) is 4.72. The Balaban J connectivity index is 1.73. The van der Waals surface area contributed by atoms with Gasteiger partial charge in [-0.1, -0.05) is 6.42 Å². The van der Waals surface area contributed by atoms with Crippen molar-refractivity contribution in [3.8, 4) is 0 Å². The van der Waals surface area contributed by atoms with Crippen molar-refractivity contribution in [2.75, 3.05) is 11.1 Å². The molecule has 0 spiro atoms. The molecule has 2 saturated carbocycles. The highest BCUT2D eigenvalue weighted by molar-refractivity contribution is 9.10. The molecule has 0 amide bonds. The molecule has 1 heterocycles. The molecule has 0 aliphatic heterocycles. The number of hydrogen-bond donors (Lipinski definition) is 2. The van der Waals surface area contributed by atoms with E-state index in [1.54, 1.807) is 12.4 Å². The molecule has 3 nitrogen and oxygen atoms in total. The number of aromatic nitrogens is 1. The average Bonchev–Trinajstić information content (AvgIpc) is 2.96. The zero-order valence-electron chi connectivity index (χ0n) is 10.7. The normalized spacial score (nSPS) is 31.6. The predicted octanol–water partition coefficient (Wildman–Crippen LogP) is 3.66. The number of hydrogen-bond acceptors (Lipinski definition) is 3. The minimum Gasteiger partial charge on any atom is -0.396 e. The van der Waals surface area contributed by atoms with Crippen LogP contribution < -0.4 is 11.1 Å². The van der Waals surface area contributed by atoms with Crippen LogP contribution in [0.25, 0.3) is 0 Å². The van der Waals surface area contributed by atoms with Gasteiger partial charge in [0.15, 0.2) is 0 Å². The Morgan fingerprint density at radius 3 is 2.83 bits per heavy atom. The van der Waals surface area contributed by atoms with Crippen molar-refractivity contribution in [3.05, 3.63) is 16.9 Å². The van der Waals surface area contributed by atoms with Gasteiger partial charge >= 0.3 is 0 Å². The zero-order valence-corrected chi connectivity index (χ0v) is 12.3. The number of pyridine rings is 1. The van der Waals surface area contributed by atoms with Gasteiger partial charge in [-0.25, -0.2) is 0 Å². The SMILES string of the molecule is CC(Nc1c(N)cncc1Br)C1CC2CCC1C2. The molecular formula is C14H20BrN3. The van der Waals surface area contributed by atoms with Crippen molar-refractivity contribution in [1.29, 1.82) is 0 Å². The fourth-order valence-corrected chi connectivity index (χ4v) is 4.30. The van der Waals surface area contributed by atoms with Gasteiger partial charge in [-0.05, 0) is 59.9 Å². The number of nitrogen functional groups attached to an aromatic ring is 1. The molecule has 4 unspecified atom stereocenters. The summed E-state index contributed by atoms with van der Waals surface area (Å²) in [5.74, 6) is 2.73. The highest BCUT2D eigenvalue weighted by Gasteiger charge is 2.41. The first-order valence-corrected chi connectivity index (χ1v) is 7.60. The van der Waals surface area contributed by atoms with Gasteiger partial charge in [-0.3, -0.25) is 4.98 Å². The summed E-state index contributed by atoms with van der Waals surface area (Å²) in [7, 11) is 0. The molecule has 3 N–H and O–H groups in total. The lowest BCUT2D eigenvalue weighted by Gasteiger charge is -2.29. The molecule has 18 heavy (non-hydrogen) atoms. The summed E-state index contributed by atoms with van der Waals surface area (Å²) in [5.41, 5.74) is 7.71. The van der Waals surface area contributed by atoms with E-state index in [1.807, 2.05) is 0 Å². The van der Waals surface area contributed by atoms with Crippen LogP contribution in [0, 0.1) is 17.8 Å².